The molecule has 0 spiro atoms. The highest BCUT2D eigenvalue weighted by Gasteiger charge is 2.18. The Bertz CT molecular complexity index is 324. The van der Waals surface area contributed by atoms with E-state index in [0.717, 1.165) is 31.4 Å². The summed E-state index contributed by atoms with van der Waals surface area (Å²) in [4.78, 5) is 3.50. The van der Waals surface area contributed by atoms with E-state index in [0.29, 0.717) is 6.04 Å². The lowest BCUT2D eigenvalue weighted by Gasteiger charge is -2.26. The summed E-state index contributed by atoms with van der Waals surface area (Å²) in [5, 5.41) is 12.6. The number of nitrogens with zero attached hydrogens (tertiary/aromatic N) is 1. The van der Waals surface area contributed by atoms with Gasteiger partial charge in [0.05, 0.1) is 6.10 Å². The first kappa shape index (κ1) is 10.4. The number of halogens is 1. The van der Waals surface area contributed by atoms with Gasteiger partial charge >= 0.3 is 0 Å². The third-order valence-electron chi connectivity index (χ3n) is 2.79. The van der Waals surface area contributed by atoms with E-state index in [1.54, 1.807) is 6.07 Å². The van der Waals surface area contributed by atoms with Crippen LogP contribution in [0.25, 0.3) is 0 Å². The van der Waals surface area contributed by atoms with Crippen molar-refractivity contribution in [3.05, 3.63) is 24.3 Å². The van der Waals surface area contributed by atoms with Crippen molar-refractivity contribution in [2.45, 2.75) is 37.8 Å². The Hall–Kier alpha value is -1.16. The predicted molar refractivity (Wildman–Crippen MR) is 56.1 cm³/mol. The molecule has 1 saturated carbocycles. The van der Waals surface area contributed by atoms with E-state index < -0.39 is 5.95 Å². The molecule has 3 nitrogen and oxygen atoms in total. The molecule has 0 unspecified atom stereocenters. The zero-order valence-electron chi connectivity index (χ0n) is 8.49. The largest absolute Gasteiger partial charge is 0.393 e. The summed E-state index contributed by atoms with van der Waals surface area (Å²) in [7, 11) is 0. The quantitative estimate of drug-likeness (QED) is 0.733. The molecule has 0 saturated heterocycles. The Balaban J connectivity index is 1.92. The molecular formula is C11H15FN2O. The smallest absolute Gasteiger partial charge is 0.214 e. The lowest BCUT2D eigenvalue weighted by molar-refractivity contribution is 0.126. The summed E-state index contributed by atoms with van der Waals surface area (Å²) in [6.45, 7) is 0. The zero-order chi connectivity index (χ0) is 10.7. The van der Waals surface area contributed by atoms with Crippen LogP contribution in [0.2, 0.25) is 0 Å². The first-order valence-corrected chi connectivity index (χ1v) is 5.30. The molecular weight excluding hydrogens is 195 g/mol. The fourth-order valence-corrected chi connectivity index (χ4v) is 1.95. The lowest BCUT2D eigenvalue weighted by Crippen LogP contribution is -2.28. The first-order valence-electron chi connectivity index (χ1n) is 5.30. The Morgan fingerprint density at radius 3 is 2.73 bits per heavy atom. The van der Waals surface area contributed by atoms with Gasteiger partial charge in [-0.2, -0.15) is 4.39 Å². The highest BCUT2D eigenvalue weighted by molar-refractivity contribution is 5.42. The lowest BCUT2D eigenvalue weighted by atomic mass is 9.93. The summed E-state index contributed by atoms with van der Waals surface area (Å²) >= 11 is 0. The van der Waals surface area contributed by atoms with Gasteiger partial charge in [0.2, 0.25) is 5.95 Å². The Labute approximate surface area is 88.3 Å². The molecule has 1 aliphatic carbocycles. The second kappa shape index (κ2) is 4.57. The van der Waals surface area contributed by atoms with Crippen LogP contribution < -0.4 is 5.32 Å². The van der Waals surface area contributed by atoms with Crippen LogP contribution in [0, 0.1) is 5.95 Å². The Morgan fingerprint density at radius 2 is 2.07 bits per heavy atom. The molecule has 0 amide bonds. The second-order valence-electron chi connectivity index (χ2n) is 4.02. The van der Waals surface area contributed by atoms with Gasteiger partial charge in [-0.1, -0.05) is 0 Å². The van der Waals surface area contributed by atoms with Gasteiger partial charge in [0.1, 0.15) is 0 Å². The molecule has 82 valence electrons. The highest BCUT2D eigenvalue weighted by atomic mass is 19.1. The number of anilines is 1. The minimum atomic E-state index is -0.462. The maximum absolute atomic E-state index is 12.8. The number of aromatic nitrogens is 1. The number of pyridine rings is 1. The molecule has 2 rings (SSSR count). The van der Waals surface area contributed by atoms with Crippen LogP contribution in [-0.4, -0.2) is 22.2 Å². The molecule has 0 bridgehead atoms. The fraction of sp³-hybridized carbons (Fsp3) is 0.545. The first-order chi connectivity index (χ1) is 7.24. The van der Waals surface area contributed by atoms with Crippen LogP contribution in [0.3, 0.4) is 0 Å². The van der Waals surface area contributed by atoms with Gasteiger partial charge in [0, 0.05) is 24.0 Å². The molecule has 1 aromatic heterocycles. The van der Waals surface area contributed by atoms with E-state index in [9.17, 15) is 9.50 Å². The molecule has 0 aliphatic heterocycles. The summed E-state index contributed by atoms with van der Waals surface area (Å²) in [5.74, 6) is -0.462. The summed E-state index contributed by atoms with van der Waals surface area (Å²) in [5.41, 5.74) is 0.767. The molecule has 2 N–H and O–H groups in total. The molecule has 15 heavy (non-hydrogen) atoms. The van der Waals surface area contributed by atoms with Crippen LogP contribution in [0.1, 0.15) is 25.7 Å². The number of aliphatic hydroxyl groups excluding tert-OH is 1. The van der Waals surface area contributed by atoms with Crippen molar-refractivity contribution in [2.75, 3.05) is 5.32 Å². The van der Waals surface area contributed by atoms with Gasteiger partial charge in [0.25, 0.3) is 0 Å². The molecule has 0 aromatic carbocycles. The van der Waals surface area contributed by atoms with E-state index in [1.807, 2.05) is 0 Å². The van der Waals surface area contributed by atoms with Gasteiger partial charge in [0.15, 0.2) is 0 Å². The molecule has 1 aromatic rings. The SMILES string of the molecule is OC1CCC(Nc2ccnc(F)c2)CC1. The standard InChI is InChI=1S/C11H15FN2O/c12-11-7-9(5-6-13-11)14-8-1-3-10(15)4-2-8/h5-8,10,15H,1-4H2,(H,13,14). The highest BCUT2D eigenvalue weighted by Crippen LogP contribution is 2.21. The zero-order valence-corrected chi connectivity index (χ0v) is 8.49. The minimum absolute atomic E-state index is 0.155. The van der Waals surface area contributed by atoms with Gasteiger partial charge in [-0.3, -0.25) is 0 Å². The number of hydrogen-bond donors (Lipinski definition) is 2. The number of nitrogens with one attached hydrogen (secondary N) is 1. The van der Waals surface area contributed by atoms with E-state index in [2.05, 4.69) is 10.3 Å². The van der Waals surface area contributed by atoms with Crippen molar-refractivity contribution >= 4 is 5.69 Å². The predicted octanol–water partition coefficient (Wildman–Crippen LogP) is 1.94. The molecule has 1 aliphatic rings. The average molecular weight is 210 g/mol. The molecule has 0 radical (unpaired) electrons. The van der Waals surface area contributed by atoms with E-state index in [-0.39, 0.29) is 6.10 Å². The van der Waals surface area contributed by atoms with Crippen LogP contribution >= 0.6 is 0 Å². The molecule has 1 heterocycles. The van der Waals surface area contributed by atoms with Crippen molar-refractivity contribution in [1.29, 1.82) is 0 Å². The normalized spacial score (nSPS) is 26.3. The third-order valence-corrected chi connectivity index (χ3v) is 2.79. The van der Waals surface area contributed by atoms with Gasteiger partial charge in [-0.05, 0) is 31.7 Å². The van der Waals surface area contributed by atoms with Crippen LogP contribution in [-0.2, 0) is 0 Å². The fourth-order valence-electron chi connectivity index (χ4n) is 1.95. The van der Waals surface area contributed by atoms with Crippen molar-refractivity contribution in [2.24, 2.45) is 0 Å². The van der Waals surface area contributed by atoms with Crippen molar-refractivity contribution < 1.29 is 9.50 Å². The number of rotatable bonds is 2. The summed E-state index contributed by atoms with van der Waals surface area (Å²) in [6.07, 6.45) is 4.82. The van der Waals surface area contributed by atoms with E-state index in [1.165, 1.54) is 12.3 Å². The van der Waals surface area contributed by atoms with Gasteiger partial charge in [-0.25, -0.2) is 4.98 Å². The van der Waals surface area contributed by atoms with Crippen molar-refractivity contribution in [3.63, 3.8) is 0 Å². The van der Waals surface area contributed by atoms with Crippen molar-refractivity contribution in [1.82, 2.24) is 4.98 Å². The maximum atomic E-state index is 12.8. The second-order valence-corrected chi connectivity index (χ2v) is 4.02. The summed E-state index contributed by atoms with van der Waals surface area (Å²) < 4.78 is 12.8. The van der Waals surface area contributed by atoms with Crippen LogP contribution in [0.4, 0.5) is 10.1 Å². The molecule has 4 heteroatoms. The Kier molecular flexibility index (Phi) is 3.16. The van der Waals surface area contributed by atoms with Crippen LogP contribution in [0.15, 0.2) is 18.3 Å². The average Bonchev–Trinajstić information content (AvgIpc) is 2.22. The van der Waals surface area contributed by atoms with Crippen LogP contribution in [0.5, 0.6) is 0 Å². The number of hydrogen-bond acceptors (Lipinski definition) is 3. The topological polar surface area (TPSA) is 45.1 Å². The van der Waals surface area contributed by atoms with Gasteiger partial charge < -0.3 is 10.4 Å². The number of aliphatic hydroxyl groups is 1. The van der Waals surface area contributed by atoms with Crippen molar-refractivity contribution in [3.8, 4) is 0 Å². The molecule has 0 atom stereocenters. The van der Waals surface area contributed by atoms with E-state index >= 15 is 0 Å². The van der Waals surface area contributed by atoms with E-state index in [4.69, 9.17) is 0 Å². The van der Waals surface area contributed by atoms with Gasteiger partial charge in [-0.15, -0.1) is 0 Å². The maximum Gasteiger partial charge on any atom is 0.214 e. The minimum Gasteiger partial charge on any atom is -0.393 e. The third kappa shape index (κ3) is 2.89. The monoisotopic (exact) mass is 210 g/mol. The Morgan fingerprint density at radius 1 is 1.33 bits per heavy atom. The summed E-state index contributed by atoms with van der Waals surface area (Å²) in [6, 6.07) is 3.49. The molecule has 1 fully saturated rings.